The monoisotopic (exact) mass is 544 g/mol. The molecule has 3 aromatic carbocycles. The van der Waals surface area contributed by atoms with E-state index in [9.17, 15) is 14.7 Å². The van der Waals surface area contributed by atoms with Crippen molar-refractivity contribution in [2.45, 2.75) is 6.04 Å². The molecule has 0 saturated carbocycles. The minimum absolute atomic E-state index is 0.0982. The molecule has 2 heterocycles. The number of methoxy groups -OCH3 is 1. The third kappa shape index (κ3) is 4.15. The number of ether oxygens (including phenoxy) is 1. The number of rotatable bonds is 4. The number of hydrogen-bond acceptors (Lipinski definition) is 6. The number of hydrogen-bond donors (Lipinski definition) is 1. The standard InChI is InChI=1S/C25H15Cl3N2O4S/c1-34-15-4-2-3-13(9-15)22(31)20-21(12-5-7-16(27)17(28)10-12)30(24(33)23(20)32)25-29-18-8-6-14(26)11-19(18)35-25/h2-11,21,31H,1H3/b22-20+. The fourth-order valence-electron chi connectivity index (χ4n) is 3.94. The number of carbonyl (C=O) groups excluding carboxylic acids is 2. The maximum Gasteiger partial charge on any atom is 0.301 e. The second-order valence-corrected chi connectivity index (χ2v) is 9.94. The number of thiazole rings is 1. The minimum atomic E-state index is -0.994. The van der Waals surface area contributed by atoms with Gasteiger partial charge in [0.1, 0.15) is 11.5 Å². The van der Waals surface area contributed by atoms with Gasteiger partial charge < -0.3 is 9.84 Å². The maximum atomic E-state index is 13.3. The molecule has 1 N–H and O–H groups in total. The van der Waals surface area contributed by atoms with E-state index < -0.39 is 17.7 Å². The van der Waals surface area contributed by atoms with Gasteiger partial charge in [-0.15, -0.1) is 0 Å². The Morgan fingerprint density at radius 1 is 1.03 bits per heavy atom. The molecule has 0 spiro atoms. The van der Waals surface area contributed by atoms with E-state index in [1.165, 1.54) is 23.3 Å². The Balaban J connectivity index is 1.75. The van der Waals surface area contributed by atoms with Gasteiger partial charge in [-0.05, 0) is 48.0 Å². The van der Waals surface area contributed by atoms with E-state index >= 15 is 0 Å². The van der Waals surface area contributed by atoms with Crippen LogP contribution in [0.5, 0.6) is 5.75 Å². The Hall–Kier alpha value is -3.10. The molecule has 35 heavy (non-hydrogen) atoms. The first-order valence-electron chi connectivity index (χ1n) is 10.2. The van der Waals surface area contributed by atoms with Gasteiger partial charge in [0.15, 0.2) is 5.13 Å². The number of amides is 1. The van der Waals surface area contributed by atoms with Gasteiger partial charge in [0, 0.05) is 10.6 Å². The van der Waals surface area contributed by atoms with Crippen LogP contribution in [0.25, 0.3) is 16.0 Å². The first-order chi connectivity index (χ1) is 16.8. The molecular formula is C25H15Cl3N2O4S. The number of nitrogens with zero attached hydrogens (tertiary/aromatic N) is 2. The summed E-state index contributed by atoms with van der Waals surface area (Å²) in [6.45, 7) is 0. The Kier molecular flexibility index (Phi) is 6.19. The minimum Gasteiger partial charge on any atom is -0.507 e. The Labute approximate surface area is 218 Å². The lowest BCUT2D eigenvalue weighted by Gasteiger charge is -2.23. The van der Waals surface area contributed by atoms with Crippen molar-refractivity contribution in [3.63, 3.8) is 0 Å². The number of Topliss-reactive ketones (excluding diaryl/α,β-unsaturated/α-hetero) is 1. The lowest BCUT2D eigenvalue weighted by molar-refractivity contribution is -0.132. The van der Waals surface area contributed by atoms with E-state index in [-0.39, 0.29) is 21.5 Å². The maximum absolute atomic E-state index is 13.3. The summed E-state index contributed by atoms with van der Waals surface area (Å²) in [5, 5.41) is 12.6. The summed E-state index contributed by atoms with van der Waals surface area (Å²) in [6.07, 6.45) is 0. The summed E-state index contributed by atoms with van der Waals surface area (Å²) in [4.78, 5) is 32.5. The fourth-order valence-corrected chi connectivity index (χ4v) is 5.52. The lowest BCUT2D eigenvalue weighted by Crippen LogP contribution is -2.29. The number of aromatic nitrogens is 1. The zero-order chi connectivity index (χ0) is 24.9. The topological polar surface area (TPSA) is 79.7 Å². The number of benzene rings is 3. The van der Waals surface area contributed by atoms with Crippen LogP contribution in [0.15, 0.2) is 66.2 Å². The average molecular weight is 546 g/mol. The van der Waals surface area contributed by atoms with E-state index in [2.05, 4.69) is 4.98 Å². The highest BCUT2D eigenvalue weighted by atomic mass is 35.5. The van der Waals surface area contributed by atoms with E-state index in [1.54, 1.807) is 60.7 Å². The van der Waals surface area contributed by atoms with Crippen LogP contribution in [0, 0.1) is 0 Å². The molecule has 10 heteroatoms. The van der Waals surface area contributed by atoms with Gasteiger partial charge in [-0.25, -0.2) is 4.98 Å². The van der Waals surface area contributed by atoms with Gasteiger partial charge in [-0.1, -0.05) is 64.3 Å². The van der Waals surface area contributed by atoms with Gasteiger partial charge in [-0.2, -0.15) is 0 Å². The number of ketones is 1. The van der Waals surface area contributed by atoms with Gasteiger partial charge >= 0.3 is 5.91 Å². The molecule has 6 nitrogen and oxygen atoms in total. The van der Waals surface area contributed by atoms with Crippen LogP contribution in [-0.2, 0) is 9.59 Å². The third-order valence-electron chi connectivity index (χ3n) is 5.59. The first kappa shape index (κ1) is 23.6. The van der Waals surface area contributed by atoms with E-state index in [0.717, 1.165) is 4.70 Å². The van der Waals surface area contributed by atoms with Crippen LogP contribution in [0.1, 0.15) is 17.2 Å². The molecule has 5 rings (SSSR count). The quantitative estimate of drug-likeness (QED) is 0.172. The Morgan fingerprint density at radius 2 is 1.83 bits per heavy atom. The molecule has 176 valence electrons. The molecule has 1 saturated heterocycles. The molecule has 1 amide bonds. The number of fused-ring (bicyclic) bond motifs is 1. The summed E-state index contributed by atoms with van der Waals surface area (Å²) >= 11 is 19.7. The van der Waals surface area contributed by atoms with Crippen molar-refractivity contribution in [1.29, 1.82) is 0 Å². The zero-order valence-electron chi connectivity index (χ0n) is 18.0. The molecule has 0 radical (unpaired) electrons. The average Bonchev–Trinajstić information content (AvgIpc) is 3.38. The highest BCUT2D eigenvalue weighted by Gasteiger charge is 2.48. The summed E-state index contributed by atoms with van der Waals surface area (Å²) in [6, 6.07) is 15.5. The lowest BCUT2D eigenvalue weighted by atomic mass is 9.95. The van der Waals surface area contributed by atoms with Gasteiger partial charge in [0.2, 0.25) is 0 Å². The van der Waals surface area contributed by atoms with Crippen molar-refractivity contribution in [2.75, 3.05) is 12.0 Å². The Bertz CT molecular complexity index is 1550. The van der Waals surface area contributed by atoms with Crippen molar-refractivity contribution in [2.24, 2.45) is 0 Å². The summed E-state index contributed by atoms with van der Waals surface area (Å²) < 4.78 is 5.99. The van der Waals surface area contributed by atoms with Crippen molar-refractivity contribution >= 4 is 78.9 Å². The SMILES string of the molecule is COc1cccc(/C(O)=C2\C(=O)C(=O)N(c3nc4ccc(Cl)cc4s3)C2c2ccc(Cl)c(Cl)c2)c1. The summed E-state index contributed by atoms with van der Waals surface area (Å²) in [5.74, 6) is -1.53. The Morgan fingerprint density at radius 3 is 2.57 bits per heavy atom. The largest absolute Gasteiger partial charge is 0.507 e. The van der Waals surface area contributed by atoms with E-state index in [0.29, 0.717) is 32.4 Å². The first-order valence-corrected chi connectivity index (χ1v) is 12.2. The number of aliphatic hydroxyl groups excluding tert-OH is 1. The van der Waals surface area contributed by atoms with Crippen molar-refractivity contribution < 1.29 is 19.4 Å². The van der Waals surface area contributed by atoms with E-state index in [4.69, 9.17) is 39.5 Å². The third-order valence-corrected chi connectivity index (χ3v) is 7.58. The number of carbonyl (C=O) groups is 2. The molecule has 0 aliphatic carbocycles. The molecule has 1 fully saturated rings. The van der Waals surface area contributed by atoms with Gasteiger partial charge in [0.25, 0.3) is 5.78 Å². The smallest absolute Gasteiger partial charge is 0.301 e. The van der Waals surface area contributed by atoms with Crippen molar-refractivity contribution in [3.05, 3.63) is 92.4 Å². The second kappa shape index (κ2) is 9.17. The molecule has 1 aromatic heterocycles. The number of halogens is 3. The van der Waals surface area contributed by atoms with Crippen LogP contribution < -0.4 is 9.64 Å². The van der Waals surface area contributed by atoms with Crippen LogP contribution >= 0.6 is 46.1 Å². The fraction of sp³-hybridized carbons (Fsp3) is 0.0800. The number of aliphatic hydroxyl groups is 1. The molecule has 1 aliphatic rings. The predicted octanol–water partition coefficient (Wildman–Crippen LogP) is 6.89. The van der Waals surface area contributed by atoms with Crippen LogP contribution in [-0.4, -0.2) is 28.9 Å². The van der Waals surface area contributed by atoms with Crippen molar-refractivity contribution in [1.82, 2.24) is 4.98 Å². The summed E-state index contributed by atoms with van der Waals surface area (Å²) in [5.41, 5.74) is 1.33. The number of anilines is 1. The normalized spacial score (nSPS) is 17.4. The van der Waals surface area contributed by atoms with E-state index in [1.807, 2.05) is 0 Å². The summed E-state index contributed by atoms with van der Waals surface area (Å²) in [7, 11) is 1.49. The molecule has 1 atom stereocenters. The van der Waals surface area contributed by atoms with Crippen LogP contribution in [0.3, 0.4) is 0 Å². The second-order valence-electron chi connectivity index (χ2n) is 7.68. The molecule has 4 aromatic rings. The highest BCUT2D eigenvalue weighted by Crippen LogP contribution is 2.45. The highest BCUT2D eigenvalue weighted by molar-refractivity contribution is 7.22. The molecule has 0 bridgehead atoms. The molecule has 1 aliphatic heterocycles. The van der Waals surface area contributed by atoms with Crippen molar-refractivity contribution in [3.8, 4) is 5.75 Å². The zero-order valence-corrected chi connectivity index (χ0v) is 21.0. The molecule has 1 unspecified atom stereocenters. The van der Waals surface area contributed by atoms with Crippen LogP contribution in [0.4, 0.5) is 5.13 Å². The van der Waals surface area contributed by atoms with Crippen LogP contribution in [0.2, 0.25) is 15.1 Å². The molecular weight excluding hydrogens is 531 g/mol. The van der Waals surface area contributed by atoms with Gasteiger partial charge in [0.05, 0.1) is 39.0 Å². The predicted molar refractivity (Wildman–Crippen MR) is 139 cm³/mol. The van der Waals surface area contributed by atoms with Gasteiger partial charge in [-0.3, -0.25) is 14.5 Å².